The third kappa shape index (κ3) is 2.30. The molecule has 1 N–H and O–H groups in total. The Balaban J connectivity index is 3.30. The van der Waals surface area contributed by atoms with Gasteiger partial charge >= 0.3 is 0 Å². The van der Waals surface area contributed by atoms with Gasteiger partial charge in [-0.25, -0.2) is 0 Å². The lowest BCUT2D eigenvalue weighted by Crippen LogP contribution is -2.11. The highest BCUT2D eigenvalue weighted by atomic mass is 79.9. The van der Waals surface area contributed by atoms with Crippen LogP contribution in [0.4, 0.5) is 0 Å². The van der Waals surface area contributed by atoms with Gasteiger partial charge in [-0.3, -0.25) is 0 Å². The van der Waals surface area contributed by atoms with E-state index >= 15 is 0 Å². The Morgan fingerprint density at radius 1 is 1.29 bits per heavy atom. The molecule has 0 aliphatic rings. The molecule has 0 heterocycles. The summed E-state index contributed by atoms with van der Waals surface area (Å²) < 4.78 is 0. The summed E-state index contributed by atoms with van der Waals surface area (Å²) in [6, 6.07) is 4.02. The molecular weight excluding hydrogens is 240 g/mol. The van der Waals surface area contributed by atoms with Crippen LogP contribution in [0.2, 0.25) is 0 Å². The van der Waals surface area contributed by atoms with Crippen molar-refractivity contribution in [2.24, 2.45) is 0 Å². The predicted octanol–water partition coefficient (Wildman–Crippen LogP) is 3.89. The van der Waals surface area contributed by atoms with E-state index in [1.165, 1.54) is 5.56 Å². The molecule has 0 saturated heterocycles. The molecule has 0 unspecified atom stereocenters. The molecule has 0 aliphatic carbocycles. The monoisotopic (exact) mass is 256 g/mol. The van der Waals surface area contributed by atoms with Gasteiger partial charge in [0.1, 0.15) is 5.75 Å². The summed E-state index contributed by atoms with van der Waals surface area (Å²) in [7, 11) is 0. The van der Waals surface area contributed by atoms with E-state index in [0.717, 1.165) is 16.5 Å². The quantitative estimate of drug-likeness (QED) is 0.756. The molecule has 78 valence electrons. The van der Waals surface area contributed by atoms with E-state index in [4.69, 9.17) is 0 Å². The predicted molar refractivity (Wildman–Crippen MR) is 64.2 cm³/mol. The average molecular weight is 257 g/mol. The topological polar surface area (TPSA) is 20.2 Å². The van der Waals surface area contributed by atoms with Crippen LogP contribution in [0, 0.1) is 6.92 Å². The number of phenolic OH excluding ortho intramolecular Hbond substituents is 1. The Kier molecular flexibility index (Phi) is 3.25. The maximum atomic E-state index is 9.75. The Hall–Kier alpha value is -0.500. The van der Waals surface area contributed by atoms with Crippen LogP contribution in [0.3, 0.4) is 0 Å². The number of benzene rings is 1. The highest BCUT2D eigenvalue weighted by Crippen LogP contribution is 2.31. The van der Waals surface area contributed by atoms with E-state index in [-0.39, 0.29) is 5.41 Å². The molecular formula is C12H17BrO. The second-order valence-electron chi connectivity index (χ2n) is 4.66. The fraction of sp³-hybridized carbons (Fsp3) is 0.500. The van der Waals surface area contributed by atoms with Gasteiger partial charge in [-0.15, -0.1) is 0 Å². The van der Waals surface area contributed by atoms with E-state index in [1.807, 2.05) is 13.0 Å². The van der Waals surface area contributed by atoms with Gasteiger partial charge in [-0.05, 0) is 35.1 Å². The van der Waals surface area contributed by atoms with E-state index in [9.17, 15) is 5.11 Å². The zero-order valence-corrected chi connectivity index (χ0v) is 10.8. The third-order valence-electron chi connectivity index (χ3n) is 2.50. The van der Waals surface area contributed by atoms with Gasteiger partial charge in [-0.2, -0.15) is 0 Å². The van der Waals surface area contributed by atoms with E-state index in [1.54, 1.807) is 0 Å². The molecule has 0 bridgehead atoms. The molecule has 0 amide bonds. The van der Waals surface area contributed by atoms with Crippen LogP contribution in [0.1, 0.15) is 37.5 Å². The largest absolute Gasteiger partial charge is 0.508 e. The lowest BCUT2D eigenvalue weighted by atomic mass is 9.85. The third-order valence-corrected chi connectivity index (χ3v) is 3.10. The second kappa shape index (κ2) is 3.93. The number of alkyl halides is 1. The smallest absolute Gasteiger partial charge is 0.119 e. The molecule has 1 aromatic rings. The van der Waals surface area contributed by atoms with Gasteiger partial charge in [0.25, 0.3) is 0 Å². The average Bonchev–Trinajstić information content (AvgIpc) is 2.07. The normalized spacial score (nSPS) is 11.8. The summed E-state index contributed by atoms with van der Waals surface area (Å²) in [5.41, 5.74) is 3.39. The van der Waals surface area contributed by atoms with Crippen LogP contribution in [0.5, 0.6) is 5.75 Å². The molecule has 14 heavy (non-hydrogen) atoms. The van der Waals surface area contributed by atoms with Gasteiger partial charge in [0.15, 0.2) is 0 Å². The Morgan fingerprint density at radius 3 is 2.29 bits per heavy atom. The number of hydrogen-bond donors (Lipinski definition) is 1. The molecule has 0 atom stereocenters. The van der Waals surface area contributed by atoms with Crippen molar-refractivity contribution >= 4 is 15.9 Å². The van der Waals surface area contributed by atoms with Crippen LogP contribution in [0.25, 0.3) is 0 Å². The molecule has 1 rings (SSSR count). The van der Waals surface area contributed by atoms with Crippen molar-refractivity contribution in [2.45, 2.75) is 38.4 Å². The van der Waals surface area contributed by atoms with Crippen molar-refractivity contribution < 1.29 is 5.11 Å². The van der Waals surface area contributed by atoms with Crippen LogP contribution in [0.15, 0.2) is 12.1 Å². The molecule has 0 spiro atoms. The summed E-state index contributed by atoms with van der Waals surface area (Å²) >= 11 is 3.43. The van der Waals surface area contributed by atoms with Crippen molar-refractivity contribution in [1.29, 1.82) is 0 Å². The molecule has 0 fully saturated rings. The standard InChI is InChI=1S/C12H17BrO/c1-8-9(7-13)5-10(6-11(8)14)12(2,3)4/h5-6,14H,7H2,1-4H3. The number of phenols is 1. The number of aromatic hydroxyl groups is 1. The SMILES string of the molecule is Cc1c(O)cc(C(C)(C)C)cc1CBr. The van der Waals surface area contributed by atoms with Gasteiger partial charge in [0, 0.05) is 5.33 Å². The lowest BCUT2D eigenvalue weighted by molar-refractivity contribution is 0.466. The summed E-state index contributed by atoms with van der Waals surface area (Å²) in [5, 5.41) is 10.5. The summed E-state index contributed by atoms with van der Waals surface area (Å²) in [4.78, 5) is 0. The van der Waals surface area contributed by atoms with Gasteiger partial charge in [0.2, 0.25) is 0 Å². The van der Waals surface area contributed by atoms with E-state index < -0.39 is 0 Å². The molecule has 0 saturated carbocycles. The minimum Gasteiger partial charge on any atom is -0.508 e. The highest BCUT2D eigenvalue weighted by Gasteiger charge is 2.16. The maximum absolute atomic E-state index is 9.75. The van der Waals surface area contributed by atoms with Crippen molar-refractivity contribution in [1.82, 2.24) is 0 Å². The van der Waals surface area contributed by atoms with Crippen LogP contribution < -0.4 is 0 Å². The fourth-order valence-electron chi connectivity index (χ4n) is 1.33. The van der Waals surface area contributed by atoms with Gasteiger partial charge in [0.05, 0.1) is 0 Å². The minimum atomic E-state index is 0.0854. The maximum Gasteiger partial charge on any atom is 0.119 e. The Labute approximate surface area is 94.3 Å². The number of hydrogen-bond acceptors (Lipinski definition) is 1. The Morgan fingerprint density at radius 2 is 1.86 bits per heavy atom. The highest BCUT2D eigenvalue weighted by molar-refractivity contribution is 9.08. The minimum absolute atomic E-state index is 0.0854. The summed E-state index contributed by atoms with van der Waals surface area (Å²) in [6.45, 7) is 8.39. The van der Waals surface area contributed by atoms with Gasteiger partial charge in [-0.1, -0.05) is 42.8 Å². The number of rotatable bonds is 1. The molecule has 0 radical (unpaired) electrons. The van der Waals surface area contributed by atoms with Crippen LogP contribution in [-0.4, -0.2) is 5.11 Å². The number of halogens is 1. The second-order valence-corrected chi connectivity index (χ2v) is 5.22. The van der Waals surface area contributed by atoms with Gasteiger partial charge < -0.3 is 5.11 Å². The molecule has 2 heteroatoms. The fourth-order valence-corrected chi connectivity index (χ4v) is 1.91. The Bertz CT molecular complexity index is 337. The van der Waals surface area contributed by atoms with E-state index in [0.29, 0.717) is 5.75 Å². The van der Waals surface area contributed by atoms with Crippen LogP contribution in [-0.2, 0) is 10.7 Å². The molecule has 0 aromatic heterocycles. The summed E-state index contributed by atoms with van der Waals surface area (Å²) in [6.07, 6.45) is 0. The molecule has 0 aliphatic heterocycles. The molecule has 1 aromatic carbocycles. The van der Waals surface area contributed by atoms with Crippen molar-refractivity contribution in [3.63, 3.8) is 0 Å². The first-order chi connectivity index (χ1) is 6.36. The molecule has 1 nitrogen and oxygen atoms in total. The first-order valence-electron chi connectivity index (χ1n) is 4.75. The van der Waals surface area contributed by atoms with E-state index in [2.05, 4.69) is 42.8 Å². The zero-order valence-electron chi connectivity index (χ0n) is 9.19. The van der Waals surface area contributed by atoms with Crippen molar-refractivity contribution in [2.75, 3.05) is 0 Å². The first kappa shape index (κ1) is 11.6. The summed E-state index contributed by atoms with van der Waals surface area (Å²) in [5.74, 6) is 0.395. The van der Waals surface area contributed by atoms with Crippen molar-refractivity contribution in [3.8, 4) is 5.75 Å². The van der Waals surface area contributed by atoms with Crippen molar-refractivity contribution in [3.05, 3.63) is 28.8 Å². The first-order valence-corrected chi connectivity index (χ1v) is 5.87. The zero-order chi connectivity index (χ0) is 10.9. The lowest BCUT2D eigenvalue weighted by Gasteiger charge is -2.21. The van der Waals surface area contributed by atoms with Crippen LogP contribution >= 0.6 is 15.9 Å².